The molecule has 0 saturated heterocycles. The van der Waals surface area contributed by atoms with Gasteiger partial charge in [0.2, 0.25) is 5.91 Å². The van der Waals surface area contributed by atoms with Crippen LogP contribution in [0.3, 0.4) is 0 Å². The number of fused-ring (bicyclic) bond motifs is 1. The number of benzene rings is 1. The first-order valence-electron chi connectivity index (χ1n) is 7.41. The van der Waals surface area contributed by atoms with Crippen LogP contribution in [0.25, 0.3) is 0 Å². The van der Waals surface area contributed by atoms with Crippen LogP contribution >= 0.6 is 0 Å². The Bertz CT molecular complexity index is 590. The molecular formula is C17H18N2O. The van der Waals surface area contributed by atoms with E-state index in [0.717, 1.165) is 19.3 Å². The Kier molecular flexibility index (Phi) is 2.72. The molecule has 2 saturated carbocycles. The van der Waals surface area contributed by atoms with E-state index in [2.05, 4.69) is 34.8 Å². The highest BCUT2D eigenvalue weighted by Crippen LogP contribution is 2.47. The van der Waals surface area contributed by atoms with E-state index in [9.17, 15) is 4.79 Å². The van der Waals surface area contributed by atoms with Crippen molar-refractivity contribution < 1.29 is 4.79 Å². The monoisotopic (exact) mass is 266 g/mol. The number of carbonyl (C=O) groups is 1. The van der Waals surface area contributed by atoms with Crippen LogP contribution < -0.4 is 5.43 Å². The highest BCUT2D eigenvalue weighted by Gasteiger charge is 2.44. The van der Waals surface area contributed by atoms with E-state index in [4.69, 9.17) is 0 Å². The number of rotatable bonds is 3. The molecule has 4 atom stereocenters. The number of allylic oxidation sites excluding steroid dienone is 2. The van der Waals surface area contributed by atoms with Gasteiger partial charge in [0, 0.05) is 17.5 Å². The number of nitrogens with zero attached hydrogens (tertiary/aromatic N) is 1. The van der Waals surface area contributed by atoms with Gasteiger partial charge in [-0.25, -0.2) is 5.43 Å². The van der Waals surface area contributed by atoms with Crippen molar-refractivity contribution in [2.45, 2.75) is 25.2 Å². The van der Waals surface area contributed by atoms with E-state index in [1.807, 2.05) is 18.2 Å². The molecule has 0 bridgehead atoms. The van der Waals surface area contributed by atoms with Gasteiger partial charge in [-0.2, -0.15) is 5.10 Å². The molecule has 3 aliphatic carbocycles. The number of carbonyl (C=O) groups excluding carboxylic acids is 1. The molecule has 1 N–H and O–H groups in total. The SMILES string of the molecule is O=C(N/N=C1\C[C@@H]2C=CC[C@H]12)[C@@H]1C[C@@H]1c1ccccc1. The topological polar surface area (TPSA) is 41.5 Å². The van der Waals surface area contributed by atoms with Gasteiger partial charge in [-0.05, 0) is 36.7 Å². The molecule has 20 heavy (non-hydrogen) atoms. The molecule has 1 amide bonds. The minimum atomic E-state index is 0.0840. The van der Waals surface area contributed by atoms with Gasteiger partial charge in [-0.15, -0.1) is 0 Å². The predicted octanol–water partition coefficient (Wildman–Crippen LogP) is 2.86. The normalized spacial score (nSPS) is 35.5. The second-order valence-electron chi connectivity index (χ2n) is 6.08. The highest BCUT2D eigenvalue weighted by molar-refractivity contribution is 5.95. The maximum atomic E-state index is 12.1. The van der Waals surface area contributed by atoms with Gasteiger partial charge >= 0.3 is 0 Å². The van der Waals surface area contributed by atoms with Crippen LogP contribution in [0.2, 0.25) is 0 Å². The summed E-state index contributed by atoms with van der Waals surface area (Å²) in [6, 6.07) is 10.3. The Balaban J connectivity index is 1.33. The number of hydrogen-bond acceptors (Lipinski definition) is 2. The minimum Gasteiger partial charge on any atom is -0.273 e. The van der Waals surface area contributed by atoms with Crippen LogP contribution in [0, 0.1) is 17.8 Å². The van der Waals surface area contributed by atoms with Gasteiger partial charge < -0.3 is 0 Å². The van der Waals surface area contributed by atoms with Gasteiger partial charge in [-0.3, -0.25) is 4.79 Å². The van der Waals surface area contributed by atoms with Crippen molar-refractivity contribution in [3.05, 3.63) is 48.0 Å². The van der Waals surface area contributed by atoms with Crippen molar-refractivity contribution in [2.24, 2.45) is 22.9 Å². The largest absolute Gasteiger partial charge is 0.273 e. The number of nitrogens with one attached hydrogen (secondary N) is 1. The molecule has 0 unspecified atom stereocenters. The van der Waals surface area contributed by atoms with Gasteiger partial charge in [0.15, 0.2) is 0 Å². The maximum absolute atomic E-state index is 12.1. The zero-order chi connectivity index (χ0) is 13.5. The van der Waals surface area contributed by atoms with Crippen molar-refractivity contribution in [3.63, 3.8) is 0 Å². The van der Waals surface area contributed by atoms with Crippen molar-refractivity contribution in [1.82, 2.24) is 5.43 Å². The highest BCUT2D eigenvalue weighted by atomic mass is 16.2. The molecule has 3 aliphatic rings. The first-order chi connectivity index (χ1) is 9.83. The van der Waals surface area contributed by atoms with Crippen molar-refractivity contribution >= 4 is 11.6 Å². The average molecular weight is 266 g/mol. The molecule has 3 heteroatoms. The molecule has 4 rings (SSSR count). The lowest BCUT2D eigenvalue weighted by Gasteiger charge is -2.31. The van der Waals surface area contributed by atoms with Crippen molar-refractivity contribution in [1.29, 1.82) is 0 Å². The van der Waals surface area contributed by atoms with E-state index < -0.39 is 0 Å². The Labute approximate surface area is 118 Å². The van der Waals surface area contributed by atoms with Gasteiger partial charge in [-0.1, -0.05) is 42.5 Å². The Hall–Kier alpha value is -1.90. The van der Waals surface area contributed by atoms with Crippen LogP contribution in [0.1, 0.15) is 30.7 Å². The van der Waals surface area contributed by atoms with Crippen molar-refractivity contribution in [3.8, 4) is 0 Å². The summed E-state index contributed by atoms with van der Waals surface area (Å²) in [4.78, 5) is 12.1. The van der Waals surface area contributed by atoms with Crippen molar-refractivity contribution in [2.75, 3.05) is 0 Å². The smallest absolute Gasteiger partial charge is 0.243 e. The summed E-state index contributed by atoms with van der Waals surface area (Å²) < 4.78 is 0. The van der Waals surface area contributed by atoms with Crippen LogP contribution in [0.4, 0.5) is 0 Å². The molecule has 0 radical (unpaired) electrons. The molecule has 3 nitrogen and oxygen atoms in total. The summed E-state index contributed by atoms with van der Waals surface area (Å²) in [6.45, 7) is 0. The van der Waals surface area contributed by atoms with E-state index in [-0.39, 0.29) is 11.8 Å². The van der Waals surface area contributed by atoms with Gasteiger partial charge in [0.25, 0.3) is 0 Å². The first kappa shape index (κ1) is 11.9. The second-order valence-corrected chi connectivity index (χ2v) is 6.08. The summed E-state index contributed by atoms with van der Waals surface area (Å²) in [5.41, 5.74) is 5.22. The number of amides is 1. The van der Waals surface area contributed by atoms with Crippen LogP contribution in [0.5, 0.6) is 0 Å². The second kappa shape index (κ2) is 4.58. The standard InChI is InChI=1S/C17H18N2O/c20-17(15-10-14(15)11-5-2-1-3-6-11)19-18-16-9-12-7-4-8-13(12)16/h1-7,12-15H,8-10H2,(H,19,20)/b18-16+/t12-,13-,14+,15+/m0/s1. The Morgan fingerprint density at radius 2 is 2.05 bits per heavy atom. The first-order valence-corrected chi connectivity index (χ1v) is 7.41. The average Bonchev–Trinajstić information content (AvgIpc) is 3.18. The zero-order valence-electron chi connectivity index (χ0n) is 11.3. The summed E-state index contributed by atoms with van der Waals surface area (Å²) in [5.74, 6) is 1.84. The van der Waals surface area contributed by atoms with E-state index in [1.54, 1.807) is 0 Å². The predicted molar refractivity (Wildman–Crippen MR) is 78.2 cm³/mol. The lowest BCUT2D eigenvalue weighted by Crippen LogP contribution is -2.35. The molecule has 2 fully saturated rings. The summed E-state index contributed by atoms with van der Waals surface area (Å²) in [5, 5.41) is 4.34. The van der Waals surface area contributed by atoms with E-state index in [1.165, 1.54) is 11.3 Å². The fourth-order valence-corrected chi connectivity index (χ4v) is 3.43. The molecular weight excluding hydrogens is 248 g/mol. The van der Waals surface area contributed by atoms with Gasteiger partial charge in [0.1, 0.15) is 0 Å². The summed E-state index contributed by atoms with van der Waals surface area (Å²) >= 11 is 0. The number of hydrogen-bond donors (Lipinski definition) is 1. The minimum absolute atomic E-state index is 0.0840. The quantitative estimate of drug-likeness (QED) is 0.663. The molecule has 102 valence electrons. The molecule has 1 aromatic rings. The summed E-state index contributed by atoms with van der Waals surface area (Å²) in [7, 11) is 0. The van der Waals surface area contributed by atoms with Gasteiger partial charge in [0.05, 0.1) is 0 Å². The fraction of sp³-hybridized carbons (Fsp3) is 0.412. The van der Waals surface area contributed by atoms with Crippen LogP contribution in [-0.4, -0.2) is 11.6 Å². The number of hydrazone groups is 1. The Morgan fingerprint density at radius 3 is 2.85 bits per heavy atom. The Morgan fingerprint density at radius 1 is 1.20 bits per heavy atom. The molecule has 1 aromatic carbocycles. The zero-order valence-corrected chi connectivity index (χ0v) is 11.3. The third-order valence-electron chi connectivity index (χ3n) is 4.83. The summed E-state index contributed by atoms with van der Waals surface area (Å²) in [6.07, 6.45) is 7.57. The molecule has 0 aromatic heterocycles. The molecule has 0 heterocycles. The third-order valence-corrected chi connectivity index (χ3v) is 4.83. The maximum Gasteiger partial charge on any atom is 0.243 e. The van der Waals surface area contributed by atoms with E-state index in [0.29, 0.717) is 17.8 Å². The van der Waals surface area contributed by atoms with Crippen LogP contribution in [0.15, 0.2) is 47.6 Å². The lowest BCUT2D eigenvalue weighted by atomic mass is 9.74. The third kappa shape index (κ3) is 1.98. The van der Waals surface area contributed by atoms with E-state index >= 15 is 0 Å². The lowest BCUT2D eigenvalue weighted by molar-refractivity contribution is -0.122. The van der Waals surface area contributed by atoms with Crippen LogP contribution in [-0.2, 0) is 4.79 Å². The fourth-order valence-electron chi connectivity index (χ4n) is 3.43. The molecule has 0 spiro atoms. The molecule has 0 aliphatic heterocycles.